The summed E-state index contributed by atoms with van der Waals surface area (Å²) in [4.78, 5) is 0. The summed E-state index contributed by atoms with van der Waals surface area (Å²) in [5.74, 6) is 1.54. The van der Waals surface area contributed by atoms with Crippen LogP contribution in [0.1, 0.15) is 19.7 Å². The van der Waals surface area contributed by atoms with Gasteiger partial charge >= 0.3 is 0 Å². The van der Waals surface area contributed by atoms with E-state index in [2.05, 4.69) is 21.6 Å². The van der Waals surface area contributed by atoms with Gasteiger partial charge in [-0.1, -0.05) is 18.7 Å². The number of rotatable bonds is 5. The molecule has 88 valence electrons. The van der Waals surface area contributed by atoms with Crippen molar-refractivity contribution in [3.63, 3.8) is 0 Å². The Morgan fingerprint density at radius 2 is 2.25 bits per heavy atom. The van der Waals surface area contributed by atoms with E-state index in [1.165, 1.54) is 0 Å². The predicted molar refractivity (Wildman–Crippen MR) is 64.2 cm³/mol. The van der Waals surface area contributed by atoms with E-state index in [0.717, 1.165) is 17.5 Å². The first-order valence-corrected chi connectivity index (χ1v) is 6.16. The molecule has 0 aromatic carbocycles. The fourth-order valence-corrected chi connectivity index (χ4v) is 2.24. The molecule has 1 rings (SSSR count). The summed E-state index contributed by atoms with van der Waals surface area (Å²) in [6.45, 7) is 6.58. The number of thioether (sulfide) groups is 1. The zero-order valence-corrected chi connectivity index (χ0v) is 10.9. The summed E-state index contributed by atoms with van der Waals surface area (Å²) in [5.41, 5.74) is -0.515. The number of nitrogens with zero attached hydrogens (tertiary/aromatic N) is 4. The minimum absolute atomic E-state index is 0.515. The van der Waals surface area contributed by atoms with Crippen molar-refractivity contribution < 1.29 is 0 Å². The van der Waals surface area contributed by atoms with Crippen LogP contribution in [0, 0.1) is 18.3 Å². The number of aryl methyl sites for hydroxylation is 1. The molecular formula is C10H17N5S. The van der Waals surface area contributed by atoms with Gasteiger partial charge in [0.25, 0.3) is 0 Å². The maximum absolute atomic E-state index is 9.10. The van der Waals surface area contributed by atoms with Crippen LogP contribution >= 0.6 is 11.8 Å². The van der Waals surface area contributed by atoms with E-state index < -0.39 is 5.54 Å². The van der Waals surface area contributed by atoms with E-state index in [0.29, 0.717) is 5.75 Å². The largest absolute Gasteiger partial charge is 0.309 e. The van der Waals surface area contributed by atoms with Crippen molar-refractivity contribution >= 4 is 11.8 Å². The third-order valence-electron chi connectivity index (χ3n) is 2.36. The maximum atomic E-state index is 9.10. The highest BCUT2D eigenvalue weighted by Crippen LogP contribution is 2.20. The number of aromatic nitrogens is 3. The van der Waals surface area contributed by atoms with E-state index in [1.54, 1.807) is 11.8 Å². The Labute approximate surface area is 100 Å². The van der Waals surface area contributed by atoms with Gasteiger partial charge in [-0.05, 0) is 20.4 Å². The van der Waals surface area contributed by atoms with Crippen molar-refractivity contribution in [2.24, 2.45) is 7.05 Å². The van der Waals surface area contributed by atoms with E-state index in [-0.39, 0.29) is 0 Å². The zero-order valence-electron chi connectivity index (χ0n) is 10.1. The van der Waals surface area contributed by atoms with Gasteiger partial charge < -0.3 is 4.57 Å². The molecule has 0 aliphatic rings. The van der Waals surface area contributed by atoms with Gasteiger partial charge in [0.2, 0.25) is 0 Å². The van der Waals surface area contributed by atoms with Crippen LogP contribution in [0.2, 0.25) is 0 Å². The highest BCUT2D eigenvalue weighted by molar-refractivity contribution is 7.99. The standard InChI is InChI=1S/C10H17N5S/c1-5-12-10(3,6-11)7-16-9-14-13-8(2)15(9)4/h12H,5,7H2,1-4H3. The van der Waals surface area contributed by atoms with Crippen molar-refractivity contribution in [3.8, 4) is 6.07 Å². The molecule has 0 aliphatic carbocycles. The van der Waals surface area contributed by atoms with E-state index >= 15 is 0 Å². The molecule has 6 heteroatoms. The summed E-state index contributed by atoms with van der Waals surface area (Å²) >= 11 is 1.54. The molecule has 1 aromatic heterocycles. The van der Waals surface area contributed by atoms with Crippen LogP contribution in [-0.4, -0.2) is 32.6 Å². The molecule has 0 radical (unpaired) electrons. The van der Waals surface area contributed by atoms with Crippen molar-refractivity contribution in [1.29, 1.82) is 5.26 Å². The fourth-order valence-electron chi connectivity index (χ4n) is 1.24. The number of nitrogens with one attached hydrogen (secondary N) is 1. The quantitative estimate of drug-likeness (QED) is 0.780. The molecule has 0 fully saturated rings. The molecule has 0 saturated carbocycles. The van der Waals surface area contributed by atoms with Gasteiger partial charge in [0.15, 0.2) is 5.16 Å². The smallest absolute Gasteiger partial charge is 0.191 e. The Hall–Kier alpha value is -1.06. The molecule has 1 heterocycles. The monoisotopic (exact) mass is 239 g/mol. The second-order valence-electron chi connectivity index (χ2n) is 3.85. The Kier molecular flexibility index (Phi) is 4.33. The van der Waals surface area contributed by atoms with Gasteiger partial charge in [-0.15, -0.1) is 10.2 Å². The SMILES string of the molecule is CCNC(C)(C#N)CSc1nnc(C)n1C. The lowest BCUT2D eigenvalue weighted by atomic mass is 10.1. The van der Waals surface area contributed by atoms with Crippen LogP contribution in [0.5, 0.6) is 0 Å². The lowest BCUT2D eigenvalue weighted by Crippen LogP contribution is -2.43. The van der Waals surface area contributed by atoms with Gasteiger partial charge in [0.1, 0.15) is 11.4 Å². The lowest BCUT2D eigenvalue weighted by Gasteiger charge is -2.21. The molecule has 0 aliphatic heterocycles. The molecule has 0 amide bonds. The number of nitriles is 1. The van der Waals surface area contributed by atoms with Crippen molar-refractivity contribution in [3.05, 3.63) is 5.82 Å². The minimum Gasteiger partial charge on any atom is -0.309 e. The Morgan fingerprint density at radius 3 is 2.69 bits per heavy atom. The number of hydrogen-bond donors (Lipinski definition) is 1. The fraction of sp³-hybridized carbons (Fsp3) is 0.700. The third-order valence-corrected chi connectivity index (χ3v) is 3.69. The Balaban J connectivity index is 2.64. The third kappa shape index (κ3) is 2.97. The molecule has 0 spiro atoms. The molecule has 1 unspecified atom stereocenters. The molecule has 5 nitrogen and oxygen atoms in total. The second kappa shape index (κ2) is 5.32. The highest BCUT2D eigenvalue weighted by atomic mass is 32.2. The van der Waals surface area contributed by atoms with E-state index in [4.69, 9.17) is 5.26 Å². The summed E-state index contributed by atoms with van der Waals surface area (Å²) < 4.78 is 1.93. The predicted octanol–water partition coefficient (Wildman–Crippen LogP) is 1.11. The van der Waals surface area contributed by atoms with E-state index in [1.807, 2.05) is 32.4 Å². The minimum atomic E-state index is -0.515. The normalized spacial score (nSPS) is 14.4. The van der Waals surface area contributed by atoms with Crippen LogP contribution in [-0.2, 0) is 7.05 Å². The highest BCUT2D eigenvalue weighted by Gasteiger charge is 2.23. The molecule has 0 bridgehead atoms. The summed E-state index contributed by atoms with van der Waals surface area (Å²) in [7, 11) is 1.93. The molecule has 16 heavy (non-hydrogen) atoms. The molecular weight excluding hydrogens is 222 g/mol. The van der Waals surface area contributed by atoms with Gasteiger partial charge in [-0.3, -0.25) is 5.32 Å². The van der Waals surface area contributed by atoms with Crippen molar-refractivity contribution in [2.45, 2.75) is 31.5 Å². The van der Waals surface area contributed by atoms with E-state index in [9.17, 15) is 0 Å². The van der Waals surface area contributed by atoms with Crippen LogP contribution in [0.4, 0.5) is 0 Å². The van der Waals surface area contributed by atoms with Gasteiger partial charge in [0, 0.05) is 12.8 Å². The zero-order chi connectivity index (χ0) is 12.2. The van der Waals surface area contributed by atoms with Gasteiger partial charge in [-0.25, -0.2) is 0 Å². The van der Waals surface area contributed by atoms with Crippen molar-refractivity contribution in [2.75, 3.05) is 12.3 Å². The first kappa shape index (κ1) is 13.0. The first-order chi connectivity index (χ1) is 7.52. The first-order valence-electron chi connectivity index (χ1n) is 5.17. The molecule has 1 N–H and O–H groups in total. The Bertz CT molecular complexity index is 394. The Morgan fingerprint density at radius 1 is 1.56 bits per heavy atom. The molecule has 1 aromatic rings. The van der Waals surface area contributed by atoms with Crippen LogP contribution < -0.4 is 5.32 Å². The van der Waals surface area contributed by atoms with Crippen LogP contribution in [0.3, 0.4) is 0 Å². The topological polar surface area (TPSA) is 66.5 Å². The summed E-state index contributed by atoms with van der Waals surface area (Å²) in [5, 5.41) is 21.1. The summed E-state index contributed by atoms with van der Waals surface area (Å²) in [6, 6.07) is 2.29. The van der Waals surface area contributed by atoms with Gasteiger partial charge in [0.05, 0.1) is 6.07 Å². The average Bonchev–Trinajstić information content (AvgIpc) is 2.58. The van der Waals surface area contributed by atoms with Crippen LogP contribution in [0.15, 0.2) is 5.16 Å². The number of hydrogen-bond acceptors (Lipinski definition) is 5. The summed E-state index contributed by atoms with van der Waals surface area (Å²) in [6.07, 6.45) is 0. The van der Waals surface area contributed by atoms with Gasteiger partial charge in [-0.2, -0.15) is 5.26 Å². The molecule has 1 atom stereocenters. The van der Waals surface area contributed by atoms with Crippen molar-refractivity contribution in [1.82, 2.24) is 20.1 Å². The lowest BCUT2D eigenvalue weighted by molar-refractivity contribution is 0.510. The second-order valence-corrected chi connectivity index (χ2v) is 4.79. The molecule has 0 saturated heterocycles. The average molecular weight is 239 g/mol. The maximum Gasteiger partial charge on any atom is 0.191 e. The van der Waals surface area contributed by atoms with Crippen LogP contribution in [0.25, 0.3) is 0 Å².